The fourth-order valence-corrected chi connectivity index (χ4v) is 2.87. The Morgan fingerprint density at radius 2 is 1.45 bits per heavy atom. The summed E-state index contributed by atoms with van der Waals surface area (Å²) in [4.78, 5) is 27.9. The van der Waals surface area contributed by atoms with Gasteiger partial charge in [0, 0.05) is 32.1 Å². The second-order valence-electron chi connectivity index (χ2n) is 6.77. The van der Waals surface area contributed by atoms with Crippen molar-refractivity contribution in [3.8, 4) is 0 Å². The molecule has 2 fully saturated rings. The maximum atomic E-state index is 12.3. The van der Waals surface area contributed by atoms with Gasteiger partial charge in [0.05, 0.1) is 0 Å². The van der Waals surface area contributed by atoms with Gasteiger partial charge in [-0.05, 0) is 33.6 Å². The molecule has 0 aromatic carbocycles. The predicted molar refractivity (Wildman–Crippen MR) is 76.3 cm³/mol. The number of carbonyl (C=O) groups is 2. The minimum Gasteiger partial charge on any atom is -0.444 e. The van der Waals surface area contributed by atoms with Gasteiger partial charge in [-0.3, -0.25) is 4.79 Å². The average molecular weight is 282 g/mol. The number of ether oxygens (including phenoxy) is 1. The minimum atomic E-state index is -0.464. The highest BCUT2D eigenvalue weighted by molar-refractivity contribution is 5.79. The summed E-state index contributed by atoms with van der Waals surface area (Å²) in [6.45, 7) is 8.02. The summed E-state index contributed by atoms with van der Waals surface area (Å²) in [5, 5.41) is 0. The lowest BCUT2D eigenvalue weighted by Crippen LogP contribution is -2.52. The quantitative estimate of drug-likeness (QED) is 0.741. The van der Waals surface area contributed by atoms with Crippen LogP contribution in [0.15, 0.2) is 0 Å². The Morgan fingerprint density at radius 1 is 0.950 bits per heavy atom. The summed E-state index contributed by atoms with van der Waals surface area (Å²) in [7, 11) is 0. The largest absolute Gasteiger partial charge is 0.444 e. The summed E-state index contributed by atoms with van der Waals surface area (Å²) >= 11 is 0. The Labute approximate surface area is 121 Å². The molecule has 2 amide bonds. The van der Waals surface area contributed by atoms with Crippen molar-refractivity contribution in [2.75, 3.05) is 26.2 Å². The standard InChI is InChI=1S/C15H26N2O3/c1-15(2,3)20-14(19)17-10-8-16(9-11-17)13(18)12-6-4-5-7-12/h12H,4-11H2,1-3H3. The molecule has 1 aliphatic heterocycles. The van der Waals surface area contributed by atoms with Crippen molar-refractivity contribution in [1.29, 1.82) is 0 Å². The van der Waals surface area contributed by atoms with E-state index in [0.717, 1.165) is 12.8 Å². The molecule has 0 radical (unpaired) electrons. The fraction of sp³-hybridized carbons (Fsp3) is 0.867. The molecule has 2 rings (SSSR count). The molecule has 0 unspecified atom stereocenters. The molecule has 1 saturated heterocycles. The van der Waals surface area contributed by atoms with E-state index in [4.69, 9.17) is 4.74 Å². The molecule has 0 bridgehead atoms. The Kier molecular flexibility index (Phi) is 4.55. The third kappa shape index (κ3) is 3.87. The van der Waals surface area contributed by atoms with Crippen LogP contribution in [-0.2, 0) is 9.53 Å². The van der Waals surface area contributed by atoms with Gasteiger partial charge in [-0.25, -0.2) is 4.79 Å². The first-order valence-electron chi connectivity index (χ1n) is 7.63. The van der Waals surface area contributed by atoms with Crippen LogP contribution in [0.2, 0.25) is 0 Å². The van der Waals surface area contributed by atoms with Crippen molar-refractivity contribution in [2.24, 2.45) is 5.92 Å². The van der Waals surface area contributed by atoms with Gasteiger partial charge < -0.3 is 14.5 Å². The predicted octanol–water partition coefficient (Wildman–Crippen LogP) is 2.26. The van der Waals surface area contributed by atoms with Gasteiger partial charge >= 0.3 is 6.09 Å². The van der Waals surface area contributed by atoms with E-state index in [-0.39, 0.29) is 17.9 Å². The van der Waals surface area contributed by atoms with Crippen LogP contribution in [0.5, 0.6) is 0 Å². The molecule has 1 heterocycles. The molecule has 0 spiro atoms. The molecular formula is C15H26N2O3. The first-order chi connectivity index (χ1) is 9.37. The van der Waals surface area contributed by atoms with E-state index in [1.165, 1.54) is 12.8 Å². The highest BCUT2D eigenvalue weighted by atomic mass is 16.6. The summed E-state index contributed by atoms with van der Waals surface area (Å²) in [6, 6.07) is 0. The average Bonchev–Trinajstić information content (AvgIpc) is 2.90. The Hall–Kier alpha value is -1.26. The lowest BCUT2D eigenvalue weighted by molar-refractivity contribution is -0.137. The third-order valence-corrected chi connectivity index (χ3v) is 3.95. The van der Waals surface area contributed by atoms with Crippen molar-refractivity contribution >= 4 is 12.0 Å². The van der Waals surface area contributed by atoms with Gasteiger partial charge in [-0.2, -0.15) is 0 Å². The zero-order chi connectivity index (χ0) is 14.8. The van der Waals surface area contributed by atoms with Crippen molar-refractivity contribution in [1.82, 2.24) is 9.80 Å². The second-order valence-corrected chi connectivity index (χ2v) is 6.77. The number of carbonyl (C=O) groups excluding carboxylic acids is 2. The number of amides is 2. The van der Waals surface area contributed by atoms with Crippen LogP contribution < -0.4 is 0 Å². The highest BCUT2D eigenvalue weighted by Crippen LogP contribution is 2.27. The van der Waals surface area contributed by atoms with Gasteiger partial charge in [0.2, 0.25) is 5.91 Å². The molecule has 20 heavy (non-hydrogen) atoms. The molecular weight excluding hydrogens is 256 g/mol. The van der Waals surface area contributed by atoms with Crippen LogP contribution in [0.3, 0.4) is 0 Å². The SMILES string of the molecule is CC(C)(C)OC(=O)N1CCN(C(=O)C2CCCC2)CC1. The molecule has 0 N–H and O–H groups in total. The van der Waals surface area contributed by atoms with Crippen LogP contribution in [0, 0.1) is 5.92 Å². The number of hydrogen-bond donors (Lipinski definition) is 0. The molecule has 1 aliphatic carbocycles. The van der Waals surface area contributed by atoms with Crippen LogP contribution >= 0.6 is 0 Å². The van der Waals surface area contributed by atoms with E-state index in [9.17, 15) is 9.59 Å². The van der Waals surface area contributed by atoms with E-state index in [1.807, 2.05) is 25.7 Å². The van der Waals surface area contributed by atoms with Crippen molar-refractivity contribution in [3.05, 3.63) is 0 Å². The van der Waals surface area contributed by atoms with E-state index in [1.54, 1.807) is 4.90 Å². The molecule has 5 nitrogen and oxygen atoms in total. The van der Waals surface area contributed by atoms with E-state index < -0.39 is 5.60 Å². The molecule has 1 saturated carbocycles. The highest BCUT2D eigenvalue weighted by Gasteiger charge is 2.31. The van der Waals surface area contributed by atoms with Gasteiger partial charge in [-0.15, -0.1) is 0 Å². The lowest BCUT2D eigenvalue weighted by Gasteiger charge is -2.36. The van der Waals surface area contributed by atoms with Crippen LogP contribution in [-0.4, -0.2) is 53.6 Å². The van der Waals surface area contributed by atoms with Crippen molar-refractivity contribution in [2.45, 2.75) is 52.1 Å². The van der Waals surface area contributed by atoms with Crippen molar-refractivity contribution in [3.63, 3.8) is 0 Å². The van der Waals surface area contributed by atoms with E-state index >= 15 is 0 Å². The van der Waals surface area contributed by atoms with Gasteiger partial charge in [0.1, 0.15) is 5.60 Å². The van der Waals surface area contributed by atoms with E-state index in [2.05, 4.69) is 0 Å². The normalized spacial score (nSPS) is 21.1. The van der Waals surface area contributed by atoms with Crippen molar-refractivity contribution < 1.29 is 14.3 Å². The first-order valence-corrected chi connectivity index (χ1v) is 7.63. The molecule has 0 aromatic heterocycles. The monoisotopic (exact) mass is 282 g/mol. The lowest BCUT2D eigenvalue weighted by atomic mass is 10.1. The molecule has 0 aromatic rings. The van der Waals surface area contributed by atoms with Crippen LogP contribution in [0.4, 0.5) is 4.79 Å². The number of rotatable bonds is 1. The van der Waals surface area contributed by atoms with Gasteiger partial charge in [0.25, 0.3) is 0 Å². The van der Waals surface area contributed by atoms with E-state index in [0.29, 0.717) is 26.2 Å². The van der Waals surface area contributed by atoms with Gasteiger partial charge in [0.15, 0.2) is 0 Å². The summed E-state index contributed by atoms with van der Waals surface area (Å²) in [5.74, 6) is 0.509. The molecule has 2 aliphatic rings. The Bertz CT molecular complexity index is 362. The molecule has 114 valence electrons. The third-order valence-electron chi connectivity index (χ3n) is 3.95. The zero-order valence-corrected chi connectivity index (χ0v) is 12.9. The second kappa shape index (κ2) is 6.02. The smallest absolute Gasteiger partial charge is 0.410 e. The van der Waals surface area contributed by atoms with Crippen LogP contribution in [0.25, 0.3) is 0 Å². The summed E-state index contributed by atoms with van der Waals surface area (Å²) < 4.78 is 5.36. The molecule has 5 heteroatoms. The van der Waals surface area contributed by atoms with Crippen LogP contribution in [0.1, 0.15) is 46.5 Å². The number of nitrogens with zero attached hydrogens (tertiary/aromatic N) is 2. The minimum absolute atomic E-state index is 0.225. The maximum Gasteiger partial charge on any atom is 0.410 e. The maximum absolute atomic E-state index is 12.3. The topological polar surface area (TPSA) is 49.9 Å². The fourth-order valence-electron chi connectivity index (χ4n) is 2.87. The Morgan fingerprint density at radius 3 is 1.95 bits per heavy atom. The molecule has 0 atom stereocenters. The number of hydrogen-bond acceptors (Lipinski definition) is 3. The summed E-state index contributed by atoms with van der Waals surface area (Å²) in [6.07, 6.45) is 4.14. The first kappa shape index (κ1) is 15.1. The number of piperazine rings is 1. The zero-order valence-electron chi connectivity index (χ0n) is 12.9. The van der Waals surface area contributed by atoms with Gasteiger partial charge in [-0.1, -0.05) is 12.8 Å². The Balaban J connectivity index is 1.80. The summed E-state index contributed by atoms with van der Waals surface area (Å²) in [5.41, 5.74) is -0.464.